The second-order valence-electron chi connectivity index (χ2n) is 4.05. The van der Waals surface area contributed by atoms with Gasteiger partial charge in [0, 0.05) is 19.0 Å². The number of benzene rings is 1. The molecule has 0 aliphatic heterocycles. The van der Waals surface area contributed by atoms with Crippen LogP contribution in [0.2, 0.25) is 0 Å². The predicted octanol–water partition coefficient (Wildman–Crippen LogP) is 3.90. The molecule has 0 bridgehead atoms. The Morgan fingerprint density at radius 2 is 2.05 bits per heavy atom. The van der Waals surface area contributed by atoms with Crippen molar-refractivity contribution in [2.24, 2.45) is 0 Å². The number of carbonyl (C=O) groups is 1. The normalized spacial score (nSPS) is 10.5. The summed E-state index contributed by atoms with van der Waals surface area (Å²) >= 11 is 3.64. The SMILES string of the molecule is CN(Cc1ccc(F)c(F)c1)C(=O)c1csc(I)c1. The van der Waals surface area contributed by atoms with E-state index in [1.807, 2.05) is 0 Å². The van der Waals surface area contributed by atoms with E-state index in [0.29, 0.717) is 11.1 Å². The fourth-order valence-electron chi connectivity index (χ4n) is 1.63. The van der Waals surface area contributed by atoms with Crippen LogP contribution in [0.5, 0.6) is 0 Å². The van der Waals surface area contributed by atoms with Crippen molar-refractivity contribution in [1.29, 1.82) is 0 Å². The topological polar surface area (TPSA) is 20.3 Å². The number of amides is 1. The minimum absolute atomic E-state index is 0.135. The summed E-state index contributed by atoms with van der Waals surface area (Å²) < 4.78 is 26.9. The van der Waals surface area contributed by atoms with E-state index in [-0.39, 0.29) is 12.5 Å². The van der Waals surface area contributed by atoms with Crippen molar-refractivity contribution in [1.82, 2.24) is 4.90 Å². The predicted molar refractivity (Wildman–Crippen MR) is 79.2 cm³/mol. The van der Waals surface area contributed by atoms with Crippen LogP contribution in [-0.2, 0) is 6.54 Å². The highest BCUT2D eigenvalue weighted by atomic mass is 127. The Kier molecular flexibility index (Phi) is 4.51. The van der Waals surface area contributed by atoms with E-state index in [1.165, 1.54) is 22.3 Å². The van der Waals surface area contributed by atoms with Crippen molar-refractivity contribution < 1.29 is 13.6 Å². The molecule has 1 heterocycles. The third-order valence-corrected chi connectivity index (χ3v) is 4.35. The van der Waals surface area contributed by atoms with Gasteiger partial charge >= 0.3 is 0 Å². The zero-order valence-electron chi connectivity index (χ0n) is 9.99. The standard InChI is InChI=1S/C13H10F2INOS/c1-17(13(18)9-5-12(16)19-7-9)6-8-2-3-10(14)11(15)4-8/h2-5,7H,6H2,1H3. The summed E-state index contributed by atoms with van der Waals surface area (Å²) in [6.45, 7) is 0.239. The Morgan fingerprint density at radius 3 is 2.63 bits per heavy atom. The number of halogens is 3. The van der Waals surface area contributed by atoms with Gasteiger partial charge in [-0.15, -0.1) is 11.3 Å². The molecule has 1 aromatic heterocycles. The maximum Gasteiger partial charge on any atom is 0.254 e. The van der Waals surface area contributed by atoms with Crippen LogP contribution in [0.1, 0.15) is 15.9 Å². The Labute approximate surface area is 127 Å². The summed E-state index contributed by atoms with van der Waals surface area (Å²) in [7, 11) is 1.63. The third kappa shape index (κ3) is 3.50. The van der Waals surface area contributed by atoms with E-state index in [2.05, 4.69) is 22.6 Å². The highest BCUT2D eigenvalue weighted by Gasteiger charge is 2.14. The van der Waals surface area contributed by atoms with Crippen molar-refractivity contribution in [3.63, 3.8) is 0 Å². The molecule has 2 rings (SSSR count). The molecule has 0 spiro atoms. The van der Waals surface area contributed by atoms with E-state index in [1.54, 1.807) is 18.5 Å². The van der Waals surface area contributed by atoms with Gasteiger partial charge in [-0.25, -0.2) is 8.78 Å². The molecule has 19 heavy (non-hydrogen) atoms. The molecule has 0 radical (unpaired) electrons. The number of hydrogen-bond donors (Lipinski definition) is 0. The maximum atomic E-state index is 13.1. The minimum atomic E-state index is -0.900. The second-order valence-corrected chi connectivity index (χ2v) is 6.85. The van der Waals surface area contributed by atoms with Crippen molar-refractivity contribution in [3.05, 3.63) is 55.3 Å². The molecule has 0 saturated carbocycles. The first-order valence-corrected chi connectivity index (χ1v) is 7.36. The van der Waals surface area contributed by atoms with Crippen molar-refractivity contribution in [3.8, 4) is 0 Å². The molecular formula is C13H10F2INOS. The van der Waals surface area contributed by atoms with Gasteiger partial charge in [-0.2, -0.15) is 0 Å². The molecular weight excluding hydrogens is 383 g/mol. The minimum Gasteiger partial charge on any atom is -0.337 e. The lowest BCUT2D eigenvalue weighted by molar-refractivity contribution is 0.0785. The average Bonchev–Trinajstić information content (AvgIpc) is 2.79. The molecule has 1 amide bonds. The van der Waals surface area contributed by atoms with Crippen LogP contribution in [-0.4, -0.2) is 17.9 Å². The molecule has 0 saturated heterocycles. The van der Waals surface area contributed by atoms with Gasteiger partial charge in [0.05, 0.1) is 8.45 Å². The van der Waals surface area contributed by atoms with Gasteiger partial charge in [0.1, 0.15) is 0 Å². The molecule has 100 valence electrons. The molecule has 0 atom stereocenters. The lowest BCUT2D eigenvalue weighted by Gasteiger charge is -2.16. The lowest BCUT2D eigenvalue weighted by Crippen LogP contribution is -2.25. The average molecular weight is 393 g/mol. The highest BCUT2D eigenvalue weighted by molar-refractivity contribution is 14.1. The molecule has 0 aliphatic carbocycles. The number of hydrogen-bond acceptors (Lipinski definition) is 2. The van der Waals surface area contributed by atoms with Crippen LogP contribution in [0.15, 0.2) is 29.6 Å². The van der Waals surface area contributed by atoms with Crippen LogP contribution in [0.25, 0.3) is 0 Å². The smallest absolute Gasteiger partial charge is 0.254 e. The van der Waals surface area contributed by atoms with Crippen LogP contribution in [0.3, 0.4) is 0 Å². The van der Waals surface area contributed by atoms with Crippen molar-refractivity contribution in [2.45, 2.75) is 6.54 Å². The first-order valence-electron chi connectivity index (χ1n) is 5.41. The van der Waals surface area contributed by atoms with Gasteiger partial charge in [-0.3, -0.25) is 4.79 Å². The van der Waals surface area contributed by atoms with Gasteiger partial charge in [0.25, 0.3) is 5.91 Å². The summed E-state index contributed by atoms with van der Waals surface area (Å²) in [6, 6.07) is 5.45. The summed E-state index contributed by atoms with van der Waals surface area (Å²) in [6.07, 6.45) is 0. The number of rotatable bonds is 3. The Hall–Kier alpha value is -1.02. The van der Waals surface area contributed by atoms with E-state index in [0.717, 1.165) is 15.0 Å². The van der Waals surface area contributed by atoms with Crippen LogP contribution in [0, 0.1) is 14.5 Å². The molecule has 6 heteroatoms. The first kappa shape index (κ1) is 14.4. The van der Waals surface area contributed by atoms with Gasteiger partial charge < -0.3 is 4.90 Å². The summed E-state index contributed by atoms with van der Waals surface area (Å²) in [5.41, 5.74) is 1.17. The zero-order valence-corrected chi connectivity index (χ0v) is 13.0. The highest BCUT2D eigenvalue weighted by Crippen LogP contribution is 2.19. The molecule has 0 N–H and O–H groups in total. The summed E-state index contributed by atoms with van der Waals surface area (Å²) in [4.78, 5) is 13.6. The van der Waals surface area contributed by atoms with Crippen LogP contribution in [0.4, 0.5) is 8.78 Å². The summed E-state index contributed by atoms with van der Waals surface area (Å²) in [5.74, 6) is -1.92. The fraction of sp³-hybridized carbons (Fsp3) is 0.154. The van der Waals surface area contributed by atoms with Crippen molar-refractivity contribution >= 4 is 39.8 Å². The van der Waals surface area contributed by atoms with Gasteiger partial charge in [0.15, 0.2) is 11.6 Å². The van der Waals surface area contributed by atoms with Crippen LogP contribution >= 0.6 is 33.9 Å². The Balaban J connectivity index is 2.10. The van der Waals surface area contributed by atoms with Crippen LogP contribution < -0.4 is 0 Å². The third-order valence-electron chi connectivity index (χ3n) is 2.56. The quantitative estimate of drug-likeness (QED) is 0.725. The number of carbonyl (C=O) groups excluding carboxylic acids is 1. The Morgan fingerprint density at radius 1 is 1.32 bits per heavy atom. The lowest BCUT2D eigenvalue weighted by atomic mass is 10.2. The Bertz CT molecular complexity index is 614. The molecule has 2 aromatic rings. The second kappa shape index (κ2) is 5.96. The number of thiophene rings is 1. The van der Waals surface area contributed by atoms with E-state index >= 15 is 0 Å². The molecule has 0 fully saturated rings. The molecule has 0 aliphatic rings. The number of nitrogens with zero attached hydrogens (tertiary/aromatic N) is 1. The largest absolute Gasteiger partial charge is 0.337 e. The van der Waals surface area contributed by atoms with Gasteiger partial charge in [-0.1, -0.05) is 6.07 Å². The summed E-state index contributed by atoms with van der Waals surface area (Å²) in [5, 5.41) is 1.78. The maximum absolute atomic E-state index is 13.1. The van der Waals surface area contributed by atoms with Gasteiger partial charge in [0.2, 0.25) is 0 Å². The van der Waals surface area contributed by atoms with E-state index in [4.69, 9.17) is 0 Å². The molecule has 2 nitrogen and oxygen atoms in total. The molecule has 0 unspecified atom stereocenters. The van der Waals surface area contributed by atoms with E-state index in [9.17, 15) is 13.6 Å². The van der Waals surface area contributed by atoms with E-state index < -0.39 is 11.6 Å². The molecule has 1 aromatic carbocycles. The van der Waals surface area contributed by atoms with Crippen molar-refractivity contribution in [2.75, 3.05) is 7.05 Å². The van der Waals surface area contributed by atoms with Gasteiger partial charge in [-0.05, 0) is 46.4 Å². The monoisotopic (exact) mass is 393 g/mol. The fourth-order valence-corrected chi connectivity index (χ4v) is 2.95. The first-order chi connectivity index (χ1) is 8.97. The zero-order chi connectivity index (χ0) is 14.0.